The molecule has 0 amide bonds. The third-order valence-corrected chi connectivity index (χ3v) is 7.76. The molecule has 1 aromatic carbocycles. The van der Waals surface area contributed by atoms with Crippen LogP contribution in [0.25, 0.3) is 15.9 Å². The summed E-state index contributed by atoms with van der Waals surface area (Å²) in [6.45, 7) is 4.29. The van der Waals surface area contributed by atoms with Gasteiger partial charge in [-0.15, -0.1) is 21.5 Å². The molecule has 154 valence electrons. The molecule has 3 heterocycles. The molecule has 1 aliphatic carbocycles. The molecule has 1 atom stereocenters. The fourth-order valence-electron chi connectivity index (χ4n) is 4.05. The number of hydrogen-bond donors (Lipinski definition) is 0. The summed E-state index contributed by atoms with van der Waals surface area (Å²) in [6.07, 6.45) is 3.39. The van der Waals surface area contributed by atoms with Crippen LogP contribution in [-0.2, 0) is 12.8 Å². The quantitative estimate of drug-likeness (QED) is 0.331. The Morgan fingerprint density at radius 3 is 2.87 bits per heavy atom. The highest BCUT2D eigenvalue weighted by atomic mass is 32.2. The van der Waals surface area contributed by atoms with Crippen molar-refractivity contribution in [1.29, 1.82) is 0 Å². The van der Waals surface area contributed by atoms with E-state index in [0.717, 1.165) is 46.2 Å². The van der Waals surface area contributed by atoms with E-state index in [2.05, 4.69) is 17.1 Å². The Bertz CT molecular complexity index is 1260. The van der Waals surface area contributed by atoms with E-state index in [1.807, 2.05) is 11.3 Å². The monoisotopic (exact) mass is 438 g/mol. The largest absolute Gasteiger partial charge is 0.497 e. The third kappa shape index (κ3) is 3.28. The Morgan fingerprint density at radius 1 is 1.30 bits per heavy atom. The Kier molecular flexibility index (Phi) is 4.99. The minimum absolute atomic E-state index is 0.0491. The molecular formula is C22H22N4O2S2. The highest BCUT2D eigenvalue weighted by molar-refractivity contribution is 7.99. The molecule has 3 aromatic heterocycles. The second-order valence-electron chi connectivity index (χ2n) is 7.77. The molecule has 0 saturated carbocycles. The van der Waals surface area contributed by atoms with Crippen LogP contribution in [0.2, 0.25) is 0 Å². The van der Waals surface area contributed by atoms with E-state index in [1.54, 1.807) is 42.7 Å². The predicted molar refractivity (Wildman–Crippen MR) is 120 cm³/mol. The van der Waals surface area contributed by atoms with Crippen LogP contribution >= 0.6 is 23.1 Å². The summed E-state index contributed by atoms with van der Waals surface area (Å²) in [7, 11) is 1.61. The molecule has 30 heavy (non-hydrogen) atoms. The molecule has 4 aromatic rings. The summed E-state index contributed by atoms with van der Waals surface area (Å²) in [5, 5.41) is 10.8. The summed E-state index contributed by atoms with van der Waals surface area (Å²) in [4.78, 5) is 20.0. The summed E-state index contributed by atoms with van der Waals surface area (Å²) >= 11 is 3.20. The molecule has 6 nitrogen and oxygen atoms in total. The van der Waals surface area contributed by atoms with Crippen molar-refractivity contribution < 1.29 is 9.53 Å². The van der Waals surface area contributed by atoms with E-state index in [-0.39, 0.29) is 5.78 Å². The van der Waals surface area contributed by atoms with Crippen molar-refractivity contribution in [2.45, 2.75) is 38.3 Å². The van der Waals surface area contributed by atoms with Gasteiger partial charge in [-0.05, 0) is 61.9 Å². The standard InChI is InChI=1S/C22H22N4O2S2/c1-12-4-9-16-18(10-12)30-21-19(16)20-24-25-22(26(20)13(2)23-21)29-11-17(27)14-5-7-15(28-3)8-6-14/h5-8,12H,4,9-11H2,1-3H3/t12-/m1/s1. The van der Waals surface area contributed by atoms with E-state index in [4.69, 9.17) is 9.72 Å². The van der Waals surface area contributed by atoms with Gasteiger partial charge in [-0.2, -0.15) is 0 Å². The van der Waals surface area contributed by atoms with Crippen molar-refractivity contribution in [2.75, 3.05) is 12.9 Å². The number of rotatable bonds is 5. The van der Waals surface area contributed by atoms with Crippen molar-refractivity contribution in [3.05, 3.63) is 46.1 Å². The number of thioether (sulfide) groups is 1. The Balaban J connectivity index is 1.46. The first-order chi connectivity index (χ1) is 14.5. The Morgan fingerprint density at radius 2 is 2.10 bits per heavy atom. The average molecular weight is 439 g/mol. The van der Waals surface area contributed by atoms with E-state index >= 15 is 0 Å². The molecule has 0 spiro atoms. The molecule has 8 heteroatoms. The summed E-state index contributed by atoms with van der Waals surface area (Å²) in [6, 6.07) is 7.18. The molecule has 0 aliphatic heterocycles. The number of hydrogen-bond acceptors (Lipinski definition) is 7. The van der Waals surface area contributed by atoms with Gasteiger partial charge in [0.2, 0.25) is 0 Å². The van der Waals surface area contributed by atoms with Crippen molar-refractivity contribution in [1.82, 2.24) is 19.6 Å². The number of ether oxygens (including phenoxy) is 1. The van der Waals surface area contributed by atoms with Crippen molar-refractivity contribution >= 4 is 44.7 Å². The highest BCUT2D eigenvalue weighted by Gasteiger charge is 2.25. The number of carbonyl (C=O) groups is 1. The maximum absolute atomic E-state index is 12.6. The Labute approximate surface area is 182 Å². The topological polar surface area (TPSA) is 69.4 Å². The Hall–Kier alpha value is -2.45. The fourth-order valence-corrected chi connectivity index (χ4v) is 6.35. The van der Waals surface area contributed by atoms with Gasteiger partial charge in [0.25, 0.3) is 0 Å². The minimum Gasteiger partial charge on any atom is -0.497 e. The van der Waals surface area contributed by atoms with E-state index < -0.39 is 0 Å². The van der Waals surface area contributed by atoms with Crippen LogP contribution in [-0.4, -0.2) is 38.2 Å². The second-order valence-corrected chi connectivity index (χ2v) is 9.80. The van der Waals surface area contributed by atoms with Crippen molar-refractivity contribution in [3.63, 3.8) is 0 Å². The van der Waals surface area contributed by atoms with E-state index in [0.29, 0.717) is 16.5 Å². The maximum atomic E-state index is 12.6. The van der Waals surface area contributed by atoms with Crippen molar-refractivity contribution in [3.8, 4) is 5.75 Å². The number of nitrogens with zero attached hydrogens (tertiary/aromatic N) is 4. The number of methoxy groups -OCH3 is 1. The van der Waals surface area contributed by atoms with E-state index in [1.165, 1.54) is 28.6 Å². The molecule has 5 rings (SSSR count). The van der Waals surface area contributed by atoms with Gasteiger partial charge in [0.15, 0.2) is 16.6 Å². The predicted octanol–water partition coefficient (Wildman–Crippen LogP) is 4.76. The van der Waals surface area contributed by atoms with Gasteiger partial charge in [0.1, 0.15) is 16.4 Å². The van der Waals surface area contributed by atoms with E-state index in [9.17, 15) is 4.79 Å². The lowest BCUT2D eigenvalue weighted by Crippen LogP contribution is -2.09. The van der Waals surface area contributed by atoms with Crippen LogP contribution in [0.15, 0.2) is 29.4 Å². The molecular weight excluding hydrogens is 416 g/mol. The lowest BCUT2D eigenvalue weighted by atomic mass is 9.89. The van der Waals surface area contributed by atoms with Gasteiger partial charge in [-0.25, -0.2) is 4.98 Å². The molecule has 0 radical (unpaired) electrons. The molecule has 0 N–H and O–H groups in total. The first kappa shape index (κ1) is 19.5. The van der Waals surface area contributed by atoms with Gasteiger partial charge in [0, 0.05) is 10.4 Å². The number of carbonyl (C=O) groups excluding carboxylic acids is 1. The number of benzene rings is 1. The second kappa shape index (κ2) is 7.67. The molecule has 1 aliphatic rings. The van der Waals surface area contributed by atoms with Crippen LogP contribution < -0.4 is 4.74 Å². The van der Waals surface area contributed by atoms with Crippen LogP contribution in [0.3, 0.4) is 0 Å². The summed E-state index contributed by atoms with van der Waals surface area (Å²) < 4.78 is 7.16. The number of thiophene rings is 1. The van der Waals surface area contributed by atoms with Crippen LogP contribution in [0.5, 0.6) is 5.75 Å². The smallest absolute Gasteiger partial charge is 0.197 e. The van der Waals surface area contributed by atoms with Crippen LogP contribution in [0, 0.1) is 12.8 Å². The molecule has 0 saturated heterocycles. The molecule has 0 bridgehead atoms. The highest BCUT2D eigenvalue weighted by Crippen LogP contribution is 2.39. The maximum Gasteiger partial charge on any atom is 0.197 e. The van der Waals surface area contributed by atoms with Gasteiger partial charge < -0.3 is 4.74 Å². The summed E-state index contributed by atoms with van der Waals surface area (Å²) in [5.41, 5.74) is 2.92. The zero-order valence-electron chi connectivity index (χ0n) is 17.1. The minimum atomic E-state index is 0.0491. The first-order valence-corrected chi connectivity index (χ1v) is 11.8. The number of Topliss-reactive ketones (excluding diaryl/α,β-unsaturated/α-hetero) is 1. The fraction of sp³-hybridized carbons (Fsp3) is 0.364. The third-order valence-electron chi connectivity index (χ3n) is 5.68. The zero-order chi connectivity index (χ0) is 20.8. The number of aromatic nitrogens is 4. The van der Waals surface area contributed by atoms with Crippen molar-refractivity contribution in [2.24, 2.45) is 5.92 Å². The van der Waals surface area contributed by atoms with Gasteiger partial charge in [-0.3, -0.25) is 9.20 Å². The van der Waals surface area contributed by atoms with Crippen LogP contribution in [0.1, 0.15) is 40.0 Å². The van der Waals surface area contributed by atoms with Gasteiger partial charge >= 0.3 is 0 Å². The molecule has 0 unspecified atom stereocenters. The lowest BCUT2D eigenvalue weighted by molar-refractivity contribution is 0.102. The lowest BCUT2D eigenvalue weighted by Gasteiger charge is -2.17. The summed E-state index contributed by atoms with van der Waals surface area (Å²) in [5.74, 6) is 2.66. The number of ketones is 1. The number of fused-ring (bicyclic) bond motifs is 5. The van der Waals surface area contributed by atoms with Gasteiger partial charge in [-0.1, -0.05) is 18.7 Å². The first-order valence-electron chi connectivity index (χ1n) is 10.0. The van der Waals surface area contributed by atoms with Crippen LogP contribution in [0.4, 0.5) is 0 Å². The SMILES string of the molecule is COc1ccc(C(=O)CSc2nnc3c4c5c(sc4nc(C)n23)C[C@H](C)CC5)cc1. The van der Waals surface area contributed by atoms with Gasteiger partial charge in [0.05, 0.1) is 18.2 Å². The molecule has 0 fully saturated rings. The number of aryl methyl sites for hydroxylation is 2. The zero-order valence-corrected chi connectivity index (χ0v) is 18.8. The normalized spacial score (nSPS) is 16.2. The average Bonchev–Trinajstić information content (AvgIpc) is 3.32.